The van der Waals surface area contributed by atoms with Gasteiger partial charge >= 0.3 is 5.97 Å². The topological polar surface area (TPSA) is 84.9 Å². The van der Waals surface area contributed by atoms with E-state index in [1.807, 2.05) is 6.92 Å². The lowest BCUT2D eigenvalue weighted by Crippen LogP contribution is -2.46. The number of amides is 2. The number of nitrogens with one attached hydrogen (secondary N) is 1. The van der Waals surface area contributed by atoms with E-state index in [2.05, 4.69) is 5.32 Å². The minimum Gasteiger partial charge on any atom is -0.497 e. The molecular formula is C23H24N2O5S. The van der Waals surface area contributed by atoms with Crippen molar-refractivity contribution in [2.24, 2.45) is 0 Å². The smallest absolute Gasteiger partial charge is 0.330 e. The van der Waals surface area contributed by atoms with Gasteiger partial charge in [0, 0.05) is 23.4 Å². The van der Waals surface area contributed by atoms with Crippen molar-refractivity contribution < 1.29 is 23.9 Å². The third-order valence-corrected chi connectivity index (χ3v) is 7.17. The Morgan fingerprint density at radius 1 is 1.16 bits per heavy atom. The zero-order valence-corrected chi connectivity index (χ0v) is 18.2. The van der Waals surface area contributed by atoms with Gasteiger partial charge in [-0.25, -0.2) is 4.79 Å². The third-order valence-electron chi connectivity index (χ3n) is 5.66. The van der Waals surface area contributed by atoms with Crippen molar-refractivity contribution in [3.8, 4) is 5.75 Å². The molecule has 162 valence electrons. The zero-order valence-electron chi connectivity index (χ0n) is 17.4. The van der Waals surface area contributed by atoms with Crippen molar-refractivity contribution in [3.05, 3.63) is 59.7 Å². The zero-order chi connectivity index (χ0) is 22.0. The van der Waals surface area contributed by atoms with Crippen LogP contribution in [0.4, 0.5) is 5.69 Å². The second kappa shape index (κ2) is 8.63. The highest BCUT2D eigenvalue weighted by molar-refractivity contribution is 8.01. The van der Waals surface area contributed by atoms with E-state index in [-0.39, 0.29) is 29.3 Å². The fourth-order valence-electron chi connectivity index (χ4n) is 3.88. The van der Waals surface area contributed by atoms with Gasteiger partial charge in [-0.2, -0.15) is 0 Å². The van der Waals surface area contributed by atoms with Crippen LogP contribution in [0.15, 0.2) is 48.5 Å². The first kappa shape index (κ1) is 21.2. The van der Waals surface area contributed by atoms with E-state index in [1.165, 1.54) is 0 Å². The van der Waals surface area contributed by atoms with Crippen LogP contribution in [0.5, 0.6) is 5.75 Å². The van der Waals surface area contributed by atoms with Crippen LogP contribution in [0.1, 0.15) is 35.7 Å². The Morgan fingerprint density at radius 3 is 2.55 bits per heavy atom. The number of benzene rings is 2. The number of thioether (sulfide) groups is 1. The van der Waals surface area contributed by atoms with Crippen LogP contribution in [-0.4, -0.2) is 46.5 Å². The predicted molar refractivity (Wildman–Crippen MR) is 118 cm³/mol. The van der Waals surface area contributed by atoms with Gasteiger partial charge in [0.05, 0.1) is 12.0 Å². The Balaban J connectivity index is 1.31. The minimum absolute atomic E-state index is 0.0154. The van der Waals surface area contributed by atoms with Crippen molar-refractivity contribution in [2.45, 2.75) is 37.3 Å². The number of methoxy groups -OCH3 is 1. The van der Waals surface area contributed by atoms with Gasteiger partial charge in [0.15, 0.2) is 0 Å². The Bertz CT molecular complexity index is 992. The van der Waals surface area contributed by atoms with Crippen molar-refractivity contribution in [2.75, 3.05) is 18.2 Å². The molecule has 2 aromatic carbocycles. The van der Waals surface area contributed by atoms with Gasteiger partial charge in [-0.3, -0.25) is 9.59 Å². The molecule has 8 heteroatoms. The highest BCUT2D eigenvalue weighted by atomic mass is 32.2. The van der Waals surface area contributed by atoms with Crippen LogP contribution in [0.25, 0.3) is 0 Å². The van der Waals surface area contributed by atoms with E-state index in [0.717, 1.165) is 12.0 Å². The lowest BCUT2D eigenvalue weighted by Gasteiger charge is -2.29. The lowest BCUT2D eigenvalue weighted by molar-refractivity contribution is -0.154. The largest absolute Gasteiger partial charge is 0.497 e. The van der Waals surface area contributed by atoms with E-state index in [9.17, 15) is 14.4 Å². The molecule has 4 rings (SSSR count). The Hall–Kier alpha value is -3.00. The summed E-state index contributed by atoms with van der Waals surface area (Å²) < 4.78 is 10.6. The summed E-state index contributed by atoms with van der Waals surface area (Å²) in [5, 5.41) is 2.83. The number of ether oxygens (including phenoxy) is 2. The number of nitrogens with zero attached hydrogens (tertiary/aromatic N) is 1. The SMILES string of the molecule is COc1ccc(NC(=O)c2ccc(COC(=O)C3CSC4(C)CCC(=O)N34)cc2)cc1. The van der Waals surface area contributed by atoms with E-state index < -0.39 is 6.04 Å². The Labute approximate surface area is 185 Å². The molecule has 2 aromatic rings. The number of rotatable bonds is 6. The van der Waals surface area contributed by atoms with Crippen LogP contribution in [0, 0.1) is 0 Å². The van der Waals surface area contributed by atoms with Gasteiger partial charge in [0.1, 0.15) is 18.4 Å². The fourth-order valence-corrected chi connectivity index (χ4v) is 5.29. The first-order chi connectivity index (χ1) is 14.9. The Kier molecular flexibility index (Phi) is 5.91. The van der Waals surface area contributed by atoms with E-state index in [0.29, 0.717) is 29.2 Å². The number of carbonyl (C=O) groups excluding carboxylic acids is 3. The van der Waals surface area contributed by atoms with Gasteiger partial charge in [-0.05, 0) is 55.3 Å². The Morgan fingerprint density at radius 2 is 1.87 bits per heavy atom. The number of anilines is 1. The van der Waals surface area contributed by atoms with Crippen LogP contribution < -0.4 is 10.1 Å². The van der Waals surface area contributed by atoms with Gasteiger partial charge in [-0.1, -0.05) is 12.1 Å². The van der Waals surface area contributed by atoms with Gasteiger partial charge < -0.3 is 19.7 Å². The minimum atomic E-state index is -0.528. The molecule has 0 aromatic heterocycles. The molecule has 0 bridgehead atoms. The summed E-state index contributed by atoms with van der Waals surface area (Å²) in [6.07, 6.45) is 1.24. The monoisotopic (exact) mass is 440 g/mol. The summed E-state index contributed by atoms with van der Waals surface area (Å²) in [5.41, 5.74) is 1.94. The number of fused-ring (bicyclic) bond motifs is 1. The molecule has 2 heterocycles. The van der Waals surface area contributed by atoms with Crippen LogP contribution in [0.2, 0.25) is 0 Å². The molecule has 1 N–H and O–H groups in total. The number of esters is 1. The molecule has 2 atom stereocenters. The molecule has 2 aliphatic rings. The summed E-state index contributed by atoms with van der Waals surface area (Å²) in [6.45, 7) is 2.10. The van der Waals surface area contributed by atoms with E-state index >= 15 is 0 Å². The highest BCUT2D eigenvalue weighted by Crippen LogP contribution is 2.47. The number of carbonyl (C=O) groups is 3. The van der Waals surface area contributed by atoms with Crippen molar-refractivity contribution in [1.29, 1.82) is 0 Å². The summed E-state index contributed by atoms with van der Waals surface area (Å²) in [7, 11) is 1.59. The average molecular weight is 441 g/mol. The predicted octanol–water partition coefficient (Wildman–Crippen LogP) is 3.44. The number of hydrogen-bond donors (Lipinski definition) is 1. The molecule has 2 aliphatic heterocycles. The van der Waals surface area contributed by atoms with Gasteiger partial charge in [0.25, 0.3) is 5.91 Å². The molecule has 0 saturated carbocycles. The van der Waals surface area contributed by atoms with Crippen LogP contribution in [-0.2, 0) is 20.9 Å². The average Bonchev–Trinajstić information content (AvgIpc) is 3.28. The maximum atomic E-state index is 12.6. The summed E-state index contributed by atoms with van der Waals surface area (Å²) in [4.78, 5) is 38.6. The maximum Gasteiger partial charge on any atom is 0.330 e. The molecule has 2 fully saturated rings. The van der Waals surface area contributed by atoms with E-state index in [4.69, 9.17) is 9.47 Å². The maximum absolute atomic E-state index is 12.6. The molecule has 0 aliphatic carbocycles. The fraction of sp³-hybridized carbons (Fsp3) is 0.348. The number of hydrogen-bond acceptors (Lipinski definition) is 6. The van der Waals surface area contributed by atoms with Crippen LogP contribution >= 0.6 is 11.8 Å². The molecule has 31 heavy (non-hydrogen) atoms. The highest BCUT2D eigenvalue weighted by Gasteiger charge is 2.53. The molecule has 0 spiro atoms. The third kappa shape index (κ3) is 4.39. The van der Waals surface area contributed by atoms with Crippen molar-refractivity contribution in [1.82, 2.24) is 4.90 Å². The molecule has 0 radical (unpaired) electrons. The summed E-state index contributed by atoms with van der Waals surface area (Å²) in [5.74, 6) is 0.677. The molecular weight excluding hydrogens is 416 g/mol. The van der Waals surface area contributed by atoms with Crippen molar-refractivity contribution in [3.63, 3.8) is 0 Å². The normalized spacial score (nSPS) is 22.2. The second-order valence-corrected chi connectivity index (χ2v) is 9.25. The van der Waals surface area contributed by atoms with E-state index in [1.54, 1.807) is 72.3 Å². The van der Waals surface area contributed by atoms with Crippen molar-refractivity contribution >= 4 is 35.2 Å². The summed E-state index contributed by atoms with van der Waals surface area (Å²) >= 11 is 1.64. The first-order valence-corrected chi connectivity index (χ1v) is 11.1. The lowest BCUT2D eigenvalue weighted by atomic mass is 10.1. The summed E-state index contributed by atoms with van der Waals surface area (Å²) in [6, 6.07) is 13.4. The van der Waals surface area contributed by atoms with Crippen LogP contribution in [0.3, 0.4) is 0 Å². The first-order valence-electron chi connectivity index (χ1n) is 10.1. The standard InChI is InChI=1S/C23H24N2O5S/c1-23-12-11-20(26)25(23)19(14-31-23)22(28)30-13-15-3-5-16(6-4-15)21(27)24-17-7-9-18(29-2)10-8-17/h3-10,19H,11-14H2,1-2H3,(H,24,27). The molecule has 2 unspecified atom stereocenters. The molecule has 7 nitrogen and oxygen atoms in total. The second-order valence-electron chi connectivity index (χ2n) is 7.75. The quantitative estimate of drug-likeness (QED) is 0.693. The molecule has 2 amide bonds. The van der Waals surface area contributed by atoms with Gasteiger partial charge in [-0.15, -0.1) is 11.8 Å². The van der Waals surface area contributed by atoms with Gasteiger partial charge in [0.2, 0.25) is 5.91 Å². The molecule has 2 saturated heterocycles.